The molecule has 0 spiro atoms. The van der Waals surface area contributed by atoms with E-state index in [1.807, 2.05) is 4.90 Å². The summed E-state index contributed by atoms with van der Waals surface area (Å²) in [5.41, 5.74) is 3.53. The lowest BCUT2D eigenvalue weighted by atomic mass is 9.84. The average molecular weight is 360 g/mol. The molecule has 0 N–H and O–H groups in total. The Kier molecular flexibility index (Phi) is 5.74. The summed E-state index contributed by atoms with van der Waals surface area (Å²) >= 11 is 1.65. The van der Waals surface area contributed by atoms with Crippen LogP contribution in [0.3, 0.4) is 0 Å². The summed E-state index contributed by atoms with van der Waals surface area (Å²) in [6.07, 6.45) is 3.24. The maximum atomic E-state index is 13.0. The van der Waals surface area contributed by atoms with Crippen LogP contribution in [-0.2, 0) is 4.79 Å². The maximum absolute atomic E-state index is 13.0. The molecule has 0 radical (unpaired) electrons. The van der Waals surface area contributed by atoms with Crippen LogP contribution in [0, 0.1) is 19.8 Å². The van der Waals surface area contributed by atoms with Gasteiger partial charge in [-0.1, -0.05) is 37.7 Å². The molecule has 136 valence electrons. The number of carbonyl (C=O) groups is 1. The molecule has 1 saturated carbocycles. The molecule has 3 rings (SSSR count). The quantitative estimate of drug-likeness (QED) is 0.736. The van der Waals surface area contributed by atoms with Gasteiger partial charge in [-0.3, -0.25) is 9.69 Å². The summed E-state index contributed by atoms with van der Waals surface area (Å²) in [7, 11) is 0. The van der Waals surface area contributed by atoms with Crippen molar-refractivity contribution in [3.63, 3.8) is 0 Å². The standard InChI is InChI=1S/C20H29N3OS/c1-5-22(6-2)12-13-23(19(24)16-8-7-9-16)20-21-18-15(4)14(3)10-11-17(18)25-20/h10-11,16H,5-9,12-13H2,1-4H3. The first-order valence-corrected chi connectivity index (χ1v) is 10.3. The SMILES string of the molecule is CCN(CC)CCN(C(=O)C1CCC1)c1nc2c(C)c(C)ccc2s1. The van der Waals surface area contributed by atoms with E-state index in [0.717, 1.165) is 49.7 Å². The molecule has 1 aliphatic rings. The monoisotopic (exact) mass is 359 g/mol. The molecule has 4 nitrogen and oxygen atoms in total. The van der Waals surface area contributed by atoms with E-state index in [1.54, 1.807) is 11.3 Å². The summed E-state index contributed by atoms with van der Waals surface area (Å²) in [6, 6.07) is 4.28. The molecule has 2 aromatic rings. The van der Waals surface area contributed by atoms with E-state index in [0.29, 0.717) is 0 Å². The van der Waals surface area contributed by atoms with E-state index in [9.17, 15) is 4.79 Å². The van der Waals surface area contributed by atoms with Crippen molar-refractivity contribution in [3.8, 4) is 0 Å². The molecule has 0 atom stereocenters. The Labute approximate surface area is 154 Å². The number of anilines is 1. The number of carbonyl (C=O) groups excluding carboxylic acids is 1. The zero-order chi connectivity index (χ0) is 18.0. The van der Waals surface area contributed by atoms with Crippen LogP contribution in [0.4, 0.5) is 5.13 Å². The largest absolute Gasteiger partial charge is 0.302 e. The molecule has 25 heavy (non-hydrogen) atoms. The van der Waals surface area contributed by atoms with Crippen molar-refractivity contribution in [3.05, 3.63) is 23.3 Å². The molecule has 1 aromatic heterocycles. The van der Waals surface area contributed by atoms with Crippen LogP contribution in [0.5, 0.6) is 0 Å². The molecule has 5 heteroatoms. The van der Waals surface area contributed by atoms with Crippen molar-refractivity contribution in [2.24, 2.45) is 5.92 Å². The van der Waals surface area contributed by atoms with Crippen molar-refractivity contribution in [1.29, 1.82) is 0 Å². The molecule has 0 bridgehead atoms. The van der Waals surface area contributed by atoms with Gasteiger partial charge < -0.3 is 4.90 Å². The number of fused-ring (bicyclic) bond motifs is 1. The zero-order valence-corrected chi connectivity index (χ0v) is 16.7. The Morgan fingerprint density at radius 2 is 1.92 bits per heavy atom. The second kappa shape index (κ2) is 7.83. The van der Waals surface area contributed by atoms with E-state index in [4.69, 9.17) is 4.98 Å². The fraction of sp³-hybridized carbons (Fsp3) is 0.600. The second-order valence-corrected chi connectivity index (χ2v) is 8.00. The third kappa shape index (κ3) is 3.72. The number of thiazole rings is 1. The Morgan fingerprint density at radius 3 is 2.52 bits per heavy atom. The summed E-state index contributed by atoms with van der Waals surface area (Å²) in [6.45, 7) is 12.2. The number of nitrogens with zero attached hydrogens (tertiary/aromatic N) is 3. The number of likely N-dealkylation sites (N-methyl/N-ethyl adjacent to an activating group) is 1. The molecule has 0 aliphatic heterocycles. The van der Waals surface area contributed by atoms with E-state index in [1.165, 1.54) is 22.2 Å². The number of benzene rings is 1. The first kappa shape index (κ1) is 18.3. The highest BCUT2D eigenvalue weighted by Crippen LogP contribution is 2.35. The molecular formula is C20H29N3OS. The highest BCUT2D eigenvalue weighted by atomic mass is 32.1. The number of aromatic nitrogens is 1. The van der Waals surface area contributed by atoms with E-state index >= 15 is 0 Å². The lowest BCUT2D eigenvalue weighted by Gasteiger charge is -2.31. The first-order valence-electron chi connectivity index (χ1n) is 9.45. The van der Waals surface area contributed by atoms with Crippen LogP contribution >= 0.6 is 11.3 Å². The molecule has 1 heterocycles. The van der Waals surface area contributed by atoms with Crippen LogP contribution in [-0.4, -0.2) is 42.0 Å². The molecule has 1 aliphatic carbocycles. The lowest BCUT2D eigenvalue weighted by molar-refractivity contribution is -0.124. The average Bonchev–Trinajstić information content (AvgIpc) is 2.98. The minimum absolute atomic E-state index is 0.201. The van der Waals surface area contributed by atoms with Gasteiger partial charge in [0.1, 0.15) is 0 Å². The smallest absolute Gasteiger partial charge is 0.231 e. The fourth-order valence-corrected chi connectivity index (χ4v) is 4.34. The molecule has 1 amide bonds. The normalized spacial score (nSPS) is 14.9. The predicted molar refractivity (Wildman–Crippen MR) is 107 cm³/mol. The Hall–Kier alpha value is -1.46. The van der Waals surface area contributed by atoms with Crippen LogP contribution in [0.1, 0.15) is 44.2 Å². The van der Waals surface area contributed by atoms with Gasteiger partial charge in [0.05, 0.1) is 10.2 Å². The minimum Gasteiger partial charge on any atom is -0.302 e. The topological polar surface area (TPSA) is 36.4 Å². The van der Waals surface area contributed by atoms with Crippen LogP contribution in [0.15, 0.2) is 12.1 Å². The van der Waals surface area contributed by atoms with Crippen LogP contribution < -0.4 is 4.90 Å². The van der Waals surface area contributed by atoms with Crippen molar-refractivity contribution in [1.82, 2.24) is 9.88 Å². The summed E-state index contributed by atoms with van der Waals surface area (Å²) < 4.78 is 1.17. The van der Waals surface area contributed by atoms with Gasteiger partial charge in [-0.15, -0.1) is 0 Å². The van der Waals surface area contributed by atoms with Gasteiger partial charge >= 0.3 is 0 Å². The lowest BCUT2D eigenvalue weighted by Crippen LogP contribution is -2.43. The molecule has 1 aromatic carbocycles. The van der Waals surface area contributed by atoms with Crippen molar-refractivity contribution >= 4 is 32.6 Å². The first-order chi connectivity index (χ1) is 12.0. The van der Waals surface area contributed by atoms with Gasteiger partial charge in [-0.25, -0.2) is 4.98 Å². The van der Waals surface area contributed by atoms with E-state index in [2.05, 4.69) is 44.7 Å². The van der Waals surface area contributed by atoms with Crippen molar-refractivity contribution < 1.29 is 4.79 Å². The van der Waals surface area contributed by atoms with E-state index < -0.39 is 0 Å². The number of hydrogen-bond donors (Lipinski definition) is 0. The van der Waals surface area contributed by atoms with E-state index in [-0.39, 0.29) is 11.8 Å². The number of rotatable bonds is 7. The molecule has 1 fully saturated rings. The zero-order valence-electron chi connectivity index (χ0n) is 15.8. The second-order valence-electron chi connectivity index (χ2n) is 7.00. The third-order valence-electron chi connectivity index (χ3n) is 5.56. The van der Waals surface area contributed by atoms with Gasteiger partial charge in [0.25, 0.3) is 0 Å². The van der Waals surface area contributed by atoms with Gasteiger partial charge in [-0.2, -0.15) is 0 Å². The highest BCUT2D eigenvalue weighted by molar-refractivity contribution is 7.22. The Morgan fingerprint density at radius 1 is 1.20 bits per heavy atom. The summed E-state index contributed by atoms with van der Waals surface area (Å²) in [5.74, 6) is 0.471. The highest BCUT2D eigenvalue weighted by Gasteiger charge is 2.31. The third-order valence-corrected chi connectivity index (χ3v) is 6.60. The van der Waals surface area contributed by atoms with Crippen molar-refractivity contribution in [2.45, 2.75) is 47.0 Å². The molecular weight excluding hydrogens is 330 g/mol. The van der Waals surface area contributed by atoms with Crippen molar-refractivity contribution in [2.75, 3.05) is 31.1 Å². The Balaban J connectivity index is 1.90. The number of aryl methyl sites for hydroxylation is 2. The maximum Gasteiger partial charge on any atom is 0.231 e. The fourth-order valence-electron chi connectivity index (χ4n) is 3.29. The van der Waals surface area contributed by atoms with Crippen LogP contribution in [0.2, 0.25) is 0 Å². The number of amides is 1. The molecule has 0 unspecified atom stereocenters. The molecule has 0 saturated heterocycles. The van der Waals surface area contributed by atoms with Gasteiger partial charge in [-0.05, 0) is 57.0 Å². The van der Waals surface area contributed by atoms with Gasteiger partial charge in [0.2, 0.25) is 5.91 Å². The number of hydrogen-bond acceptors (Lipinski definition) is 4. The van der Waals surface area contributed by atoms with Gasteiger partial charge in [0.15, 0.2) is 5.13 Å². The minimum atomic E-state index is 0.201. The van der Waals surface area contributed by atoms with Gasteiger partial charge in [0, 0.05) is 19.0 Å². The van der Waals surface area contributed by atoms with Crippen LogP contribution in [0.25, 0.3) is 10.2 Å². The summed E-state index contributed by atoms with van der Waals surface area (Å²) in [5, 5.41) is 0.868. The Bertz CT molecular complexity index is 747. The predicted octanol–water partition coefficient (Wildman–Crippen LogP) is 4.39. The summed E-state index contributed by atoms with van der Waals surface area (Å²) in [4.78, 5) is 22.2.